The number of hydrogen-bond acceptors (Lipinski definition) is 2. The van der Waals surface area contributed by atoms with Gasteiger partial charge in [-0.3, -0.25) is 4.79 Å². The molecule has 0 spiro atoms. The molecule has 0 N–H and O–H groups in total. The van der Waals surface area contributed by atoms with Crippen LogP contribution in [0.5, 0.6) is 0 Å². The van der Waals surface area contributed by atoms with E-state index in [0.717, 1.165) is 52.0 Å². The molecule has 0 aromatic carbocycles. The van der Waals surface area contributed by atoms with Crippen molar-refractivity contribution in [2.24, 2.45) is 0 Å². The molecule has 0 radical (unpaired) electrons. The monoisotopic (exact) mass is 198 g/mol. The predicted octanol–water partition coefficient (Wildman–Crippen LogP) is 1.34. The molecular weight excluding hydrogens is 176 g/mol. The maximum absolute atomic E-state index is 11.3. The van der Waals surface area contributed by atoms with Crippen molar-refractivity contribution >= 4 is 5.91 Å². The first kappa shape index (κ1) is 11.5. The third-order valence-electron chi connectivity index (χ3n) is 2.97. The lowest BCUT2D eigenvalue weighted by Gasteiger charge is -2.20. The van der Waals surface area contributed by atoms with Gasteiger partial charge in [0.25, 0.3) is 0 Å². The van der Waals surface area contributed by atoms with Gasteiger partial charge in [0, 0.05) is 19.5 Å². The largest absolute Gasteiger partial charge is 0.343 e. The Morgan fingerprint density at radius 3 is 2.57 bits per heavy atom. The minimum atomic E-state index is 0.351. The van der Waals surface area contributed by atoms with Crippen LogP contribution in [0.4, 0.5) is 0 Å². The first-order valence-electron chi connectivity index (χ1n) is 5.78. The highest BCUT2D eigenvalue weighted by Crippen LogP contribution is 2.09. The summed E-state index contributed by atoms with van der Waals surface area (Å²) in [4.78, 5) is 15.7. The molecule has 0 atom stereocenters. The Balaban J connectivity index is 2.11. The van der Waals surface area contributed by atoms with Crippen molar-refractivity contribution in [3.63, 3.8) is 0 Å². The average molecular weight is 198 g/mol. The highest BCUT2D eigenvalue weighted by Gasteiger charge is 2.19. The van der Waals surface area contributed by atoms with E-state index in [2.05, 4.69) is 18.7 Å². The summed E-state index contributed by atoms with van der Waals surface area (Å²) in [5, 5.41) is 0. The van der Waals surface area contributed by atoms with Crippen LogP contribution < -0.4 is 0 Å². The summed E-state index contributed by atoms with van der Waals surface area (Å²) >= 11 is 0. The summed E-state index contributed by atoms with van der Waals surface area (Å²) in [6.07, 6.45) is 2.95. The van der Waals surface area contributed by atoms with E-state index in [9.17, 15) is 4.79 Å². The topological polar surface area (TPSA) is 23.6 Å². The summed E-state index contributed by atoms with van der Waals surface area (Å²) in [6.45, 7) is 9.66. The fraction of sp³-hybridized carbons (Fsp3) is 0.909. The Kier molecular flexibility index (Phi) is 4.94. The highest BCUT2D eigenvalue weighted by atomic mass is 16.2. The molecule has 0 saturated carbocycles. The number of nitrogens with zero attached hydrogens (tertiary/aromatic N) is 2. The Bertz CT molecular complexity index is 178. The predicted molar refractivity (Wildman–Crippen MR) is 58.2 cm³/mol. The van der Waals surface area contributed by atoms with Crippen molar-refractivity contribution in [3.05, 3.63) is 0 Å². The molecule has 0 unspecified atom stereocenters. The van der Waals surface area contributed by atoms with Gasteiger partial charge in [-0.05, 0) is 32.5 Å². The lowest BCUT2D eigenvalue weighted by atomic mass is 10.3. The SMILES string of the molecule is CCN(CC)CCCN1CCCC1=O. The van der Waals surface area contributed by atoms with E-state index in [0.29, 0.717) is 5.91 Å². The summed E-state index contributed by atoms with van der Waals surface area (Å²) in [5.41, 5.74) is 0. The third-order valence-corrected chi connectivity index (χ3v) is 2.97. The molecule has 82 valence electrons. The maximum atomic E-state index is 11.3. The molecule has 1 aliphatic heterocycles. The molecule has 3 nitrogen and oxygen atoms in total. The molecule has 1 fully saturated rings. The van der Waals surface area contributed by atoms with Crippen LogP contribution in [-0.4, -0.2) is 48.4 Å². The van der Waals surface area contributed by atoms with E-state index in [1.54, 1.807) is 0 Å². The maximum Gasteiger partial charge on any atom is 0.222 e. The summed E-state index contributed by atoms with van der Waals surface area (Å²) in [6, 6.07) is 0. The zero-order valence-electron chi connectivity index (χ0n) is 9.46. The molecule has 0 aromatic heterocycles. The number of rotatable bonds is 6. The van der Waals surface area contributed by atoms with Gasteiger partial charge in [-0.25, -0.2) is 0 Å². The smallest absolute Gasteiger partial charge is 0.222 e. The van der Waals surface area contributed by atoms with Gasteiger partial charge in [-0.1, -0.05) is 13.8 Å². The molecule has 1 amide bonds. The van der Waals surface area contributed by atoms with Gasteiger partial charge in [-0.15, -0.1) is 0 Å². The first-order valence-corrected chi connectivity index (χ1v) is 5.78. The van der Waals surface area contributed by atoms with E-state index < -0.39 is 0 Å². The zero-order chi connectivity index (χ0) is 10.4. The van der Waals surface area contributed by atoms with Crippen molar-refractivity contribution in [3.8, 4) is 0 Å². The van der Waals surface area contributed by atoms with Crippen LogP contribution in [0.1, 0.15) is 33.1 Å². The van der Waals surface area contributed by atoms with Gasteiger partial charge in [0.15, 0.2) is 0 Å². The number of carbonyl (C=O) groups excluding carboxylic acids is 1. The Morgan fingerprint density at radius 2 is 2.07 bits per heavy atom. The normalized spacial score (nSPS) is 17.1. The lowest BCUT2D eigenvalue weighted by molar-refractivity contribution is -0.127. The van der Waals surface area contributed by atoms with E-state index in [-0.39, 0.29) is 0 Å². The molecule has 3 heteroatoms. The molecule has 0 aromatic rings. The quantitative estimate of drug-likeness (QED) is 0.643. The third kappa shape index (κ3) is 3.29. The van der Waals surface area contributed by atoms with E-state index in [4.69, 9.17) is 0 Å². The molecule has 1 saturated heterocycles. The Hall–Kier alpha value is -0.570. The van der Waals surface area contributed by atoms with Crippen molar-refractivity contribution in [2.45, 2.75) is 33.1 Å². The fourth-order valence-electron chi connectivity index (χ4n) is 1.97. The Labute approximate surface area is 87.1 Å². The molecular formula is C11H22N2O. The number of likely N-dealkylation sites (tertiary alicyclic amines) is 1. The van der Waals surface area contributed by atoms with Gasteiger partial charge in [-0.2, -0.15) is 0 Å². The zero-order valence-corrected chi connectivity index (χ0v) is 9.46. The van der Waals surface area contributed by atoms with Crippen molar-refractivity contribution in [1.29, 1.82) is 0 Å². The van der Waals surface area contributed by atoms with Gasteiger partial charge in [0.05, 0.1) is 0 Å². The number of carbonyl (C=O) groups is 1. The van der Waals surface area contributed by atoms with Gasteiger partial charge < -0.3 is 9.80 Å². The van der Waals surface area contributed by atoms with Gasteiger partial charge in [0.2, 0.25) is 5.91 Å². The number of amides is 1. The van der Waals surface area contributed by atoms with Crippen LogP contribution in [0, 0.1) is 0 Å². The average Bonchev–Trinajstić information content (AvgIpc) is 2.59. The van der Waals surface area contributed by atoms with Crippen molar-refractivity contribution < 1.29 is 4.79 Å². The van der Waals surface area contributed by atoms with Crippen LogP contribution in [-0.2, 0) is 4.79 Å². The molecule has 1 rings (SSSR count). The summed E-state index contributed by atoms with van der Waals surface area (Å²) < 4.78 is 0. The summed E-state index contributed by atoms with van der Waals surface area (Å²) in [7, 11) is 0. The summed E-state index contributed by atoms with van der Waals surface area (Å²) in [5.74, 6) is 0.351. The lowest BCUT2D eigenvalue weighted by Crippen LogP contribution is -2.30. The van der Waals surface area contributed by atoms with Gasteiger partial charge in [0.1, 0.15) is 0 Å². The van der Waals surface area contributed by atoms with Crippen LogP contribution in [0.3, 0.4) is 0 Å². The van der Waals surface area contributed by atoms with Crippen molar-refractivity contribution in [1.82, 2.24) is 9.80 Å². The second-order valence-electron chi connectivity index (χ2n) is 3.86. The molecule has 14 heavy (non-hydrogen) atoms. The van der Waals surface area contributed by atoms with Crippen LogP contribution in [0.25, 0.3) is 0 Å². The molecule has 1 heterocycles. The van der Waals surface area contributed by atoms with E-state index in [1.807, 2.05) is 4.90 Å². The fourth-order valence-corrected chi connectivity index (χ4v) is 1.97. The first-order chi connectivity index (χ1) is 6.77. The minimum absolute atomic E-state index is 0.351. The number of hydrogen-bond donors (Lipinski definition) is 0. The van der Waals surface area contributed by atoms with Crippen LogP contribution >= 0.6 is 0 Å². The van der Waals surface area contributed by atoms with Crippen LogP contribution in [0.2, 0.25) is 0 Å². The standard InChI is InChI=1S/C11H22N2O/c1-3-12(4-2)8-6-10-13-9-5-7-11(13)14/h3-10H2,1-2H3. The minimum Gasteiger partial charge on any atom is -0.343 e. The molecule has 0 aliphatic carbocycles. The second kappa shape index (κ2) is 6.02. The van der Waals surface area contributed by atoms with E-state index in [1.165, 1.54) is 0 Å². The van der Waals surface area contributed by atoms with Crippen molar-refractivity contribution in [2.75, 3.05) is 32.7 Å². The van der Waals surface area contributed by atoms with Gasteiger partial charge >= 0.3 is 0 Å². The molecule has 0 bridgehead atoms. The second-order valence-corrected chi connectivity index (χ2v) is 3.86. The van der Waals surface area contributed by atoms with Crippen LogP contribution in [0.15, 0.2) is 0 Å². The van der Waals surface area contributed by atoms with E-state index >= 15 is 0 Å². The Morgan fingerprint density at radius 1 is 1.36 bits per heavy atom. The molecule has 1 aliphatic rings. The highest BCUT2D eigenvalue weighted by molar-refractivity contribution is 5.77.